The van der Waals surface area contributed by atoms with Crippen LogP contribution in [-0.4, -0.2) is 0 Å². The van der Waals surface area contributed by atoms with Crippen LogP contribution < -0.4 is 0 Å². The summed E-state index contributed by atoms with van der Waals surface area (Å²) in [4.78, 5) is 0. The predicted molar refractivity (Wildman–Crippen MR) is 53.8 cm³/mol. The monoisotopic (exact) mass is 198 g/mol. The first-order chi connectivity index (χ1) is 5.77. The summed E-state index contributed by atoms with van der Waals surface area (Å²) in [6.07, 6.45) is 6.34. The molecule has 1 aliphatic carbocycles. The Balaban J connectivity index is 2.62. The van der Waals surface area contributed by atoms with Gasteiger partial charge >= 0.3 is 0 Å². The van der Waals surface area contributed by atoms with Crippen molar-refractivity contribution in [3.8, 4) is 0 Å². The van der Waals surface area contributed by atoms with E-state index in [0.29, 0.717) is 5.02 Å². The highest BCUT2D eigenvalue weighted by atomic mass is 35.5. The maximum atomic E-state index is 6.03. The van der Waals surface area contributed by atoms with E-state index in [9.17, 15) is 0 Å². The molecule has 0 N–H and O–H groups in total. The van der Waals surface area contributed by atoms with Gasteiger partial charge in [0.1, 0.15) is 0 Å². The quantitative estimate of drug-likeness (QED) is 0.593. The lowest BCUT2D eigenvalue weighted by atomic mass is 9.98. The van der Waals surface area contributed by atoms with E-state index in [-0.39, 0.29) is 0 Å². The van der Waals surface area contributed by atoms with Crippen molar-refractivity contribution >= 4 is 29.3 Å². The molecular formula is C10H8Cl2. The van der Waals surface area contributed by atoms with Crippen LogP contribution in [0, 0.1) is 0 Å². The Hall–Kier alpha value is -0.460. The first kappa shape index (κ1) is 8.15. The molecule has 62 valence electrons. The van der Waals surface area contributed by atoms with E-state index in [1.807, 2.05) is 6.07 Å². The first-order valence-electron chi connectivity index (χ1n) is 3.92. The van der Waals surface area contributed by atoms with Crippen molar-refractivity contribution in [1.82, 2.24) is 0 Å². The Bertz CT molecular complexity index is 340. The largest absolute Gasteiger partial charge is 0.0843 e. The number of rotatable bonds is 0. The molecule has 0 bridgehead atoms. The minimum Gasteiger partial charge on any atom is -0.0843 e. The number of hydrogen-bond acceptors (Lipinski definition) is 0. The predicted octanol–water partition coefficient (Wildman–Crippen LogP) is 3.95. The van der Waals surface area contributed by atoms with Gasteiger partial charge in [-0.05, 0) is 36.1 Å². The van der Waals surface area contributed by atoms with Crippen molar-refractivity contribution in [3.05, 3.63) is 39.4 Å². The van der Waals surface area contributed by atoms with Gasteiger partial charge in [0.25, 0.3) is 0 Å². The second-order valence-electron chi connectivity index (χ2n) is 2.90. The zero-order chi connectivity index (χ0) is 8.55. The van der Waals surface area contributed by atoms with Crippen molar-refractivity contribution < 1.29 is 0 Å². The van der Waals surface area contributed by atoms with Crippen molar-refractivity contribution in [2.24, 2.45) is 0 Å². The molecule has 0 saturated carbocycles. The molecular weight excluding hydrogens is 191 g/mol. The van der Waals surface area contributed by atoms with Crippen LogP contribution >= 0.6 is 23.2 Å². The maximum absolute atomic E-state index is 6.03. The van der Waals surface area contributed by atoms with Crippen LogP contribution in [0.5, 0.6) is 0 Å². The molecule has 1 aromatic carbocycles. The number of benzene rings is 1. The standard InChI is InChI=1S/C10H8Cl2/c11-8-5-7-3-1-2-4-9(7)10(12)6-8/h1,3,5-6H,2,4H2. The molecule has 1 aliphatic rings. The van der Waals surface area contributed by atoms with E-state index in [0.717, 1.165) is 17.9 Å². The molecule has 0 amide bonds. The van der Waals surface area contributed by atoms with Gasteiger partial charge in [-0.25, -0.2) is 0 Å². The minimum absolute atomic E-state index is 0.713. The highest BCUT2D eigenvalue weighted by molar-refractivity contribution is 6.35. The molecule has 12 heavy (non-hydrogen) atoms. The summed E-state index contributed by atoms with van der Waals surface area (Å²) in [6.45, 7) is 0. The molecule has 0 aliphatic heterocycles. The third-order valence-electron chi connectivity index (χ3n) is 2.05. The minimum atomic E-state index is 0.713. The fourth-order valence-corrected chi connectivity index (χ4v) is 2.08. The zero-order valence-electron chi connectivity index (χ0n) is 6.48. The van der Waals surface area contributed by atoms with E-state index >= 15 is 0 Å². The van der Waals surface area contributed by atoms with Gasteiger partial charge in [-0.15, -0.1) is 0 Å². The molecule has 0 heterocycles. The molecule has 0 unspecified atom stereocenters. The van der Waals surface area contributed by atoms with E-state index in [1.165, 1.54) is 11.1 Å². The fraction of sp³-hybridized carbons (Fsp3) is 0.200. The molecule has 0 nitrogen and oxygen atoms in total. The number of hydrogen-bond donors (Lipinski definition) is 0. The van der Waals surface area contributed by atoms with Gasteiger partial charge in [-0.3, -0.25) is 0 Å². The Labute approximate surface area is 81.8 Å². The van der Waals surface area contributed by atoms with Gasteiger partial charge in [0, 0.05) is 10.0 Å². The van der Waals surface area contributed by atoms with E-state index < -0.39 is 0 Å². The Morgan fingerprint density at radius 3 is 2.83 bits per heavy atom. The van der Waals surface area contributed by atoms with Crippen LogP contribution in [0.25, 0.3) is 6.08 Å². The lowest BCUT2D eigenvalue weighted by Crippen LogP contribution is -1.94. The summed E-state index contributed by atoms with van der Waals surface area (Å²) in [5.41, 5.74) is 2.39. The van der Waals surface area contributed by atoms with Crippen LogP contribution in [-0.2, 0) is 6.42 Å². The molecule has 2 rings (SSSR count). The van der Waals surface area contributed by atoms with E-state index in [1.54, 1.807) is 6.07 Å². The fourth-order valence-electron chi connectivity index (χ4n) is 1.47. The van der Waals surface area contributed by atoms with Crippen molar-refractivity contribution in [2.45, 2.75) is 12.8 Å². The molecule has 2 heteroatoms. The van der Waals surface area contributed by atoms with Gasteiger partial charge in [0.2, 0.25) is 0 Å². The molecule has 0 atom stereocenters. The molecule has 0 aromatic heterocycles. The lowest BCUT2D eigenvalue weighted by Gasteiger charge is -2.11. The van der Waals surface area contributed by atoms with Gasteiger partial charge < -0.3 is 0 Å². The van der Waals surface area contributed by atoms with Gasteiger partial charge in [-0.1, -0.05) is 35.4 Å². The second kappa shape index (κ2) is 3.12. The van der Waals surface area contributed by atoms with Crippen molar-refractivity contribution in [2.75, 3.05) is 0 Å². The lowest BCUT2D eigenvalue weighted by molar-refractivity contribution is 0.986. The van der Waals surface area contributed by atoms with Crippen molar-refractivity contribution in [3.63, 3.8) is 0 Å². The van der Waals surface area contributed by atoms with Crippen LogP contribution in [0.2, 0.25) is 10.0 Å². The number of fused-ring (bicyclic) bond motifs is 1. The number of allylic oxidation sites excluding steroid dienone is 1. The highest BCUT2D eigenvalue weighted by Gasteiger charge is 2.08. The summed E-state index contributed by atoms with van der Waals surface area (Å²) in [6, 6.07) is 3.76. The molecule has 1 aromatic rings. The summed E-state index contributed by atoms with van der Waals surface area (Å²) in [5, 5.41) is 1.51. The second-order valence-corrected chi connectivity index (χ2v) is 3.74. The van der Waals surface area contributed by atoms with Crippen molar-refractivity contribution in [1.29, 1.82) is 0 Å². The Kier molecular flexibility index (Phi) is 2.12. The Morgan fingerprint density at radius 1 is 1.17 bits per heavy atom. The van der Waals surface area contributed by atoms with Crippen LogP contribution in [0.15, 0.2) is 18.2 Å². The Morgan fingerprint density at radius 2 is 2.00 bits per heavy atom. The van der Waals surface area contributed by atoms with Gasteiger partial charge in [-0.2, -0.15) is 0 Å². The molecule has 0 fully saturated rings. The maximum Gasteiger partial charge on any atom is 0.0458 e. The average molecular weight is 199 g/mol. The SMILES string of the molecule is Clc1cc(Cl)c2c(c1)C=CCC2. The third-order valence-corrected chi connectivity index (χ3v) is 2.61. The third kappa shape index (κ3) is 1.37. The van der Waals surface area contributed by atoms with Gasteiger partial charge in [0.05, 0.1) is 0 Å². The molecule has 0 saturated heterocycles. The zero-order valence-corrected chi connectivity index (χ0v) is 7.99. The van der Waals surface area contributed by atoms with E-state index in [4.69, 9.17) is 23.2 Å². The topological polar surface area (TPSA) is 0 Å². The average Bonchev–Trinajstić information content (AvgIpc) is 2.04. The van der Waals surface area contributed by atoms with Crippen LogP contribution in [0.3, 0.4) is 0 Å². The first-order valence-corrected chi connectivity index (χ1v) is 4.67. The summed E-state index contributed by atoms with van der Waals surface area (Å²) in [5.74, 6) is 0. The molecule has 0 spiro atoms. The highest BCUT2D eigenvalue weighted by Crippen LogP contribution is 2.29. The smallest absolute Gasteiger partial charge is 0.0458 e. The summed E-state index contributed by atoms with van der Waals surface area (Å²) < 4.78 is 0. The normalized spacial score (nSPS) is 14.5. The van der Waals surface area contributed by atoms with Crippen LogP contribution in [0.4, 0.5) is 0 Å². The van der Waals surface area contributed by atoms with Crippen LogP contribution in [0.1, 0.15) is 17.5 Å². The molecule has 0 radical (unpaired) electrons. The number of halogens is 2. The summed E-state index contributed by atoms with van der Waals surface area (Å²) in [7, 11) is 0. The van der Waals surface area contributed by atoms with Gasteiger partial charge in [0.15, 0.2) is 0 Å². The summed E-state index contributed by atoms with van der Waals surface area (Å²) >= 11 is 11.9. The van der Waals surface area contributed by atoms with E-state index in [2.05, 4.69) is 12.2 Å².